The highest BCUT2D eigenvalue weighted by atomic mass is 19.4. The van der Waals surface area contributed by atoms with Crippen molar-refractivity contribution in [3.63, 3.8) is 0 Å². The maximum Gasteiger partial charge on any atom is 0.419 e. The molecule has 0 atom stereocenters. The van der Waals surface area contributed by atoms with Crippen LogP contribution in [0.4, 0.5) is 17.6 Å². The Kier molecular flexibility index (Phi) is 2.83. The molecule has 1 aromatic carbocycles. The summed E-state index contributed by atoms with van der Waals surface area (Å²) in [7, 11) is 0. The van der Waals surface area contributed by atoms with Gasteiger partial charge in [-0.2, -0.15) is 13.2 Å². The second kappa shape index (κ2) is 3.64. The van der Waals surface area contributed by atoms with Gasteiger partial charge in [0.15, 0.2) is 5.78 Å². The molecule has 0 bridgehead atoms. The highest BCUT2D eigenvalue weighted by Gasteiger charge is 2.37. The van der Waals surface area contributed by atoms with Gasteiger partial charge in [0.25, 0.3) is 0 Å². The van der Waals surface area contributed by atoms with Crippen LogP contribution in [-0.4, -0.2) is 5.78 Å². The Morgan fingerprint density at radius 3 is 2.20 bits per heavy atom. The van der Waals surface area contributed by atoms with Crippen molar-refractivity contribution in [2.45, 2.75) is 20.0 Å². The van der Waals surface area contributed by atoms with Gasteiger partial charge in [-0.25, -0.2) is 4.39 Å². The fraction of sp³-hybridized carbons (Fsp3) is 0.300. The maximum atomic E-state index is 13.1. The standard InChI is InChI=1S/C10H8F4O/c1-5-3-7(6(2)15)9(8(11)4-5)10(12,13)14/h3-4H,1-2H3. The van der Waals surface area contributed by atoms with Gasteiger partial charge in [0.05, 0.1) is 0 Å². The second-order valence-electron chi connectivity index (χ2n) is 3.22. The minimum absolute atomic E-state index is 0.283. The van der Waals surface area contributed by atoms with Gasteiger partial charge in [-0.15, -0.1) is 0 Å². The third kappa shape index (κ3) is 2.34. The number of halogens is 4. The van der Waals surface area contributed by atoms with Crippen LogP contribution in [-0.2, 0) is 6.18 Å². The Labute approximate surface area is 83.7 Å². The molecule has 1 aromatic rings. The van der Waals surface area contributed by atoms with Gasteiger partial charge in [0.2, 0.25) is 0 Å². The topological polar surface area (TPSA) is 17.1 Å². The van der Waals surface area contributed by atoms with Crippen LogP contribution in [0.3, 0.4) is 0 Å². The van der Waals surface area contributed by atoms with Crippen LogP contribution in [0.15, 0.2) is 12.1 Å². The van der Waals surface area contributed by atoms with E-state index in [2.05, 4.69) is 0 Å². The zero-order valence-corrected chi connectivity index (χ0v) is 8.07. The summed E-state index contributed by atoms with van der Waals surface area (Å²) in [6.07, 6.45) is -4.85. The SMILES string of the molecule is CC(=O)c1cc(C)cc(F)c1C(F)(F)F. The van der Waals surface area contributed by atoms with Crippen molar-refractivity contribution in [1.82, 2.24) is 0 Å². The maximum absolute atomic E-state index is 13.1. The largest absolute Gasteiger partial charge is 0.419 e. The third-order valence-corrected chi connectivity index (χ3v) is 1.90. The van der Waals surface area contributed by atoms with Gasteiger partial charge in [-0.05, 0) is 31.5 Å². The molecule has 0 aliphatic carbocycles. The Morgan fingerprint density at radius 1 is 1.27 bits per heavy atom. The molecule has 0 spiro atoms. The Bertz CT molecular complexity index is 407. The lowest BCUT2D eigenvalue weighted by molar-refractivity contribution is -0.140. The summed E-state index contributed by atoms with van der Waals surface area (Å²) in [4.78, 5) is 11.0. The number of rotatable bonds is 1. The molecule has 0 radical (unpaired) electrons. The van der Waals surface area contributed by atoms with Gasteiger partial charge in [-0.1, -0.05) is 0 Å². The molecule has 0 aromatic heterocycles. The highest BCUT2D eigenvalue weighted by molar-refractivity contribution is 5.96. The van der Waals surface area contributed by atoms with E-state index in [1.807, 2.05) is 0 Å². The van der Waals surface area contributed by atoms with Crippen LogP contribution in [0.2, 0.25) is 0 Å². The van der Waals surface area contributed by atoms with Crippen molar-refractivity contribution in [2.24, 2.45) is 0 Å². The lowest BCUT2D eigenvalue weighted by atomic mass is 10.0. The fourth-order valence-corrected chi connectivity index (χ4v) is 1.31. The number of carbonyl (C=O) groups is 1. The summed E-state index contributed by atoms with van der Waals surface area (Å²) in [6, 6.07) is 1.80. The van der Waals surface area contributed by atoms with Gasteiger partial charge >= 0.3 is 6.18 Å². The van der Waals surface area contributed by atoms with Gasteiger partial charge in [0, 0.05) is 5.56 Å². The van der Waals surface area contributed by atoms with Crippen molar-refractivity contribution < 1.29 is 22.4 Å². The van der Waals surface area contributed by atoms with Crippen molar-refractivity contribution >= 4 is 5.78 Å². The summed E-state index contributed by atoms with van der Waals surface area (Å²) in [5, 5.41) is 0. The summed E-state index contributed by atoms with van der Waals surface area (Å²) >= 11 is 0. The van der Waals surface area contributed by atoms with E-state index in [4.69, 9.17) is 0 Å². The van der Waals surface area contributed by atoms with Gasteiger partial charge in [-0.3, -0.25) is 4.79 Å². The van der Waals surface area contributed by atoms with E-state index in [1.165, 1.54) is 6.92 Å². The van der Waals surface area contributed by atoms with E-state index < -0.39 is 28.9 Å². The molecular formula is C10H8F4O. The molecule has 0 N–H and O–H groups in total. The van der Waals surface area contributed by atoms with Crippen LogP contribution < -0.4 is 0 Å². The molecular weight excluding hydrogens is 212 g/mol. The molecule has 0 amide bonds. The van der Waals surface area contributed by atoms with Gasteiger partial charge in [0.1, 0.15) is 11.4 Å². The number of carbonyl (C=O) groups excluding carboxylic acids is 1. The predicted octanol–water partition coefficient (Wildman–Crippen LogP) is 3.36. The zero-order chi connectivity index (χ0) is 11.8. The first kappa shape index (κ1) is 11.7. The minimum Gasteiger partial charge on any atom is -0.294 e. The number of hydrogen-bond acceptors (Lipinski definition) is 1. The number of Topliss-reactive ketones (excluding diaryl/α,β-unsaturated/α-hetero) is 1. The fourth-order valence-electron chi connectivity index (χ4n) is 1.31. The van der Waals surface area contributed by atoms with Crippen molar-refractivity contribution in [1.29, 1.82) is 0 Å². The first-order valence-corrected chi connectivity index (χ1v) is 4.11. The van der Waals surface area contributed by atoms with Crippen molar-refractivity contribution in [3.8, 4) is 0 Å². The van der Waals surface area contributed by atoms with E-state index in [-0.39, 0.29) is 5.56 Å². The average Bonchev–Trinajstić information content (AvgIpc) is 1.99. The number of alkyl halides is 3. The van der Waals surface area contributed by atoms with Crippen LogP contribution >= 0.6 is 0 Å². The lowest BCUT2D eigenvalue weighted by Gasteiger charge is -2.12. The highest BCUT2D eigenvalue weighted by Crippen LogP contribution is 2.34. The van der Waals surface area contributed by atoms with Crippen LogP contribution in [0.1, 0.15) is 28.4 Å². The molecule has 82 valence electrons. The molecule has 1 rings (SSSR count). The molecule has 5 heteroatoms. The van der Waals surface area contributed by atoms with Crippen LogP contribution in [0.25, 0.3) is 0 Å². The summed E-state index contributed by atoms with van der Waals surface area (Å²) < 4.78 is 50.3. The molecule has 0 fully saturated rings. The second-order valence-corrected chi connectivity index (χ2v) is 3.22. The minimum atomic E-state index is -4.85. The summed E-state index contributed by atoms with van der Waals surface area (Å²) in [5.74, 6) is -2.21. The molecule has 0 saturated carbocycles. The Balaban J connectivity index is 3.55. The monoisotopic (exact) mass is 220 g/mol. The summed E-state index contributed by atoms with van der Waals surface area (Å²) in [5.41, 5.74) is -1.83. The number of benzene rings is 1. The Hall–Kier alpha value is -1.39. The van der Waals surface area contributed by atoms with Gasteiger partial charge < -0.3 is 0 Å². The van der Waals surface area contributed by atoms with Crippen molar-refractivity contribution in [3.05, 3.63) is 34.6 Å². The molecule has 0 aliphatic rings. The molecule has 0 aliphatic heterocycles. The molecule has 0 unspecified atom stereocenters. The third-order valence-electron chi connectivity index (χ3n) is 1.90. The number of aryl methyl sites for hydroxylation is 1. The van der Waals surface area contributed by atoms with Crippen molar-refractivity contribution in [2.75, 3.05) is 0 Å². The smallest absolute Gasteiger partial charge is 0.294 e. The van der Waals surface area contributed by atoms with E-state index in [0.717, 1.165) is 19.1 Å². The lowest BCUT2D eigenvalue weighted by Crippen LogP contribution is -2.14. The molecule has 15 heavy (non-hydrogen) atoms. The first-order valence-electron chi connectivity index (χ1n) is 4.11. The number of hydrogen-bond donors (Lipinski definition) is 0. The van der Waals surface area contributed by atoms with E-state index in [0.29, 0.717) is 0 Å². The average molecular weight is 220 g/mol. The van der Waals surface area contributed by atoms with E-state index in [1.54, 1.807) is 0 Å². The zero-order valence-electron chi connectivity index (χ0n) is 8.07. The van der Waals surface area contributed by atoms with E-state index in [9.17, 15) is 22.4 Å². The first-order chi connectivity index (χ1) is 6.73. The molecule has 0 saturated heterocycles. The molecule has 0 heterocycles. The Morgan fingerprint density at radius 2 is 1.80 bits per heavy atom. The normalized spacial score (nSPS) is 11.6. The quantitative estimate of drug-likeness (QED) is 0.524. The number of ketones is 1. The predicted molar refractivity (Wildman–Crippen MR) is 46.1 cm³/mol. The van der Waals surface area contributed by atoms with E-state index >= 15 is 0 Å². The molecule has 1 nitrogen and oxygen atoms in total. The summed E-state index contributed by atoms with van der Waals surface area (Å²) in [6.45, 7) is 2.40. The van der Waals surface area contributed by atoms with Crippen LogP contribution in [0, 0.1) is 12.7 Å². The van der Waals surface area contributed by atoms with Crippen LogP contribution in [0.5, 0.6) is 0 Å².